The number of ether oxygens (including phenoxy) is 1. The van der Waals surface area contributed by atoms with Gasteiger partial charge in [-0.25, -0.2) is 9.59 Å². The number of carbonyl (C=O) groups is 1. The fourth-order valence-electron chi connectivity index (χ4n) is 3.80. The molecule has 1 heterocycles. The van der Waals surface area contributed by atoms with Crippen LogP contribution in [-0.2, 0) is 4.74 Å². The Morgan fingerprint density at radius 1 is 1.00 bits per heavy atom. The van der Waals surface area contributed by atoms with Crippen LogP contribution in [0.5, 0.6) is 0 Å². The minimum atomic E-state index is -0.408. The van der Waals surface area contributed by atoms with Gasteiger partial charge in [0.15, 0.2) is 0 Å². The lowest BCUT2D eigenvalue weighted by atomic mass is 9.96. The lowest BCUT2D eigenvalue weighted by Crippen LogP contribution is -2.21. The Bertz CT molecular complexity index is 1040. The van der Waals surface area contributed by atoms with E-state index in [0.717, 1.165) is 36.6 Å². The van der Waals surface area contributed by atoms with E-state index in [4.69, 9.17) is 9.15 Å². The molecule has 1 fully saturated rings. The predicted molar refractivity (Wildman–Crippen MR) is 105 cm³/mol. The Morgan fingerprint density at radius 2 is 1.78 bits per heavy atom. The van der Waals surface area contributed by atoms with Crippen LogP contribution in [0, 0.1) is 6.92 Å². The van der Waals surface area contributed by atoms with Crippen LogP contribution in [0.2, 0.25) is 0 Å². The average Bonchev–Trinajstić information content (AvgIpc) is 2.68. The van der Waals surface area contributed by atoms with E-state index in [1.807, 2.05) is 37.3 Å². The first-order valence-corrected chi connectivity index (χ1v) is 9.47. The van der Waals surface area contributed by atoms with Crippen LogP contribution in [0.1, 0.15) is 48.0 Å². The van der Waals surface area contributed by atoms with Gasteiger partial charge < -0.3 is 9.15 Å². The fraction of sp³-hybridized carbons (Fsp3) is 0.304. The third kappa shape index (κ3) is 3.52. The molecule has 0 spiro atoms. The van der Waals surface area contributed by atoms with Crippen LogP contribution >= 0.6 is 0 Å². The summed E-state index contributed by atoms with van der Waals surface area (Å²) in [5.74, 6) is -0.313. The van der Waals surface area contributed by atoms with Crippen molar-refractivity contribution in [2.45, 2.75) is 45.1 Å². The highest BCUT2D eigenvalue weighted by Gasteiger charge is 2.21. The van der Waals surface area contributed by atoms with Crippen molar-refractivity contribution in [2.24, 2.45) is 0 Å². The standard InChI is InChI=1S/C23H22O4/c1-15-18(20-14-16-8-5-6-13-21(16)27-23(20)25)11-7-12-19(15)22(24)26-17-9-3-2-4-10-17/h5-8,11-14,17H,2-4,9-10H2,1H3. The first kappa shape index (κ1) is 17.5. The Kier molecular flexibility index (Phi) is 4.80. The molecule has 1 aliphatic rings. The van der Waals surface area contributed by atoms with Gasteiger partial charge in [0.1, 0.15) is 11.7 Å². The molecule has 0 aliphatic heterocycles. The molecule has 1 aliphatic carbocycles. The van der Waals surface area contributed by atoms with Gasteiger partial charge in [-0.15, -0.1) is 0 Å². The van der Waals surface area contributed by atoms with E-state index >= 15 is 0 Å². The normalized spacial score (nSPS) is 15.0. The molecular formula is C23H22O4. The first-order valence-electron chi connectivity index (χ1n) is 9.47. The molecule has 0 atom stereocenters. The van der Waals surface area contributed by atoms with Crippen molar-refractivity contribution >= 4 is 16.9 Å². The monoisotopic (exact) mass is 362 g/mol. The topological polar surface area (TPSA) is 56.5 Å². The molecule has 138 valence electrons. The van der Waals surface area contributed by atoms with Gasteiger partial charge >= 0.3 is 11.6 Å². The Labute approximate surface area is 157 Å². The second kappa shape index (κ2) is 7.39. The fourth-order valence-corrected chi connectivity index (χ4v) is 3.80. The molecule has 1 saturated carbocycles. The number of hydrogen-bond donors (Lipinski definition) is 0. The highest BCUT2D eigenvalue weighted by molar-refractivity contribution is 5.94. The summed E-state index contributed by atoms with van der Waals surface area (Å²) in [5.41, 5.74) is 2.55. The summed E-state index contributed by atoms with van der Waals surface area (Å²) in [7, 11) is 0. The number of esters is 1. The Balaban J connectivity index is 1.70. The summed E-state index contributed by atoms with van der Waals surface area (Å²) < 4.78 is 11.2. The first-order chi connectivity index (χ1) is 13.1. The van der Waals surface area contributed by atoms with Crippen LogP contribution in [-0.4, -0.2) is 12.1 Å². The smallest absolute Gasteiger partial charge is 0.344 e. The highest BCUT2D eigenvalue weighted by atomic mass is 16.5. The zero-order valence-corrected chi connectivity index (χ0v) is 15.4. The van der Waals surface area contributed by atoms with Crippen molar-refractivity contribution in [3.63, 3.8) is 0 Å². The van der Waals surface area contributed by atoms with Crippen molar-refractivity contribution in [3.8, 4) is 11.1 Å². The van der Waals surface area contributed by atoms with Gasteiger partial charge in [-0.05, 0) is 61.9 Å². The molecule has 0 saturated heterocycles. The van der Waals surface area contributed by atoms with Crippen molar-refractivity contribution in [2.75, 3.05) is 0 Å². The van der Waals surface area contributed by atoms with Gasteiger partial charge in [0.05, 0.1) is 11.1 Å². The summed E-state index contributed by atoms with van der Waals surface area (Å²) in [6, 6.07) is 14.6. The number of fused-ring (bicyclic) bond motifs is 1. The molecule has 4 heteroatoms. The third-order valence-electron chi connectivity index (χ3n) is 5.31. The number of rotatable bonds is 3. The number of para-hydroxylation sites is 1. The molecule has 3 aromatic rings. The molecule has 1 aromatic heterocycles. The van der Waals surface area contributed by atoms with Crippen LogP contribution < -0.4 is 5.63 Å². The van der Waals surface area contributed by atoms with Crippen molar-refractivity contribution < 1.29 is 13.9 Å². The summed E-state index contributed by atoms with van der Waals surface area (Å²) >= 11 is 0. The van der Waals surface area contributed by atoms with E-state index in [1.54, 1.807) is 18.2 Å². The van der Waals surface area contributed by atoms with Gasteiger partial charge in [-0.1, -0.05) is 36.8 Å². The summed E-state index contributed by atoms with van der Waals surface area (Å²) in [6.07, 6.45) is 5.28. The number of benzene rings is 2. The number of hydrogen-bond acceptors (Lipinski definition) is 4. The minimum Gasteiger partial charge on any atom is -0.459 e. The lowest BCUT2D eigenvalue weighted by molar-refractivity contribution is 0.0210. The van der Waals surface area contributed by atoms with Gasteiger partial charge in [-0.2, -0.15) is 0 Å². The molecule has 0 amide bonds. The molecule has 4 rings (SSSR count). The van der Waals surface area contributed by atoms with Gasteiger partial charge in [0.25, 0.3) is 0 Å². The van der Waals surface area contributed by atoms with Gasteiger partial charge in [0.2, 0.25) is 0 Å². The van der Waals surface area contributed by atoms with E-state index in [-0.39, 0.29) is 12.1 Å². The molecule has 0 unspecified atom stereocenters. The zero-order chi connectivity index (χ0) is 18.8. The second-order valence-corrected chi connectivity index (χ2v) is 7.13. The van der Waals surface area contributed by atoms with E-state index in [2.05, 4.69) is 0 Å². The number of carbonyl (C=O) groups excluding carboxylic acids is 1. The van der Waals surface area contributed by atoms with E-state index in [9.17, 15) is 9.59 Å². The molecule has 4 nitrogen and oxygen atoms in total. The van der Waals surface area contributed by atoms with Gasteiger partial charge in [-0.3, -0.25) is 0 Å². The molecule has 27 heavy (non-hydrogen) atoms. The van der Waals surface area contributed by atoms with E-state index < -0.39 is 5.63 Å². The maximum Gasteiger partial charge on any atom is 0.344 e. The molecule has 0 N–H and O–H groups in total. The van der Waals surface area contributed by atoms with E-state index in [0.29, 0.717) is 22.3 Å². The van der Waals surface area contributed by atoms with Crippen LogP contribution in [0.3, 0.4) is 0 Å². The molecular weight excluding hydrogens is 340 g/mol. The predicted octanol–water partition coefficient (Wildman–Crippen LogP) is 5.26. The summed E-state index contributed by atoms with van der Waals surface area (Å²) in [4.78, 5) is 25.2. The van der Waals surface area contributed by atoms with E-state index in [1.165, 1.54) is 6.42 Å². The quantitative estimate of drug-likeness (QED) is 0.471. The molecule has 0 bridgehead atoms. The minimum absolute atomic E-state index is 0.0000412. The second-order valence-electron chi connectivity index (χ2n) is 7.13. The molecule has 2 aromatic carbocycles. The van der Waals surface area contributed by atoms with Crippen LogP contribution in [0.15, 0.2) is 57.7 Å². The zero-order valence-electron chi connectivity index (χ0n) is 15.4. The van der Waals surface area contributed by atoms with Crippen molar-refractivity contribution in [1.82, 2.24) is 0 Å². The Hall–Kier alpha value is -2.88. The van der Waals surface area contributed by atoms with Crippen LogP contribution in [0.25, 0.3) is 22.1 Å². The Morgan fingerprint density at radius 3 is 2.59 bits per heavy atom. The van der Waals surface area contributed by atoms with Crippen molar-refractivity contribution in [1.29, 1.82) is 0 Å². The van der Waals surface area contributed by atoms with Gasteiger partial charge in [0, 0.05) is 5.39 Å². The average molecular weight is 362 g/mol. The SMILES string of the molecule is Cc1c(C(=O)OC2CCCCC2)cccc1-c1cc2ccccc2oc1=O. The lowest BCUT2D eigenvalue weighted by Gasteiger charge is -2.22. The third-order valence-corrected chi connectivity index (χ3v) is 5.31. The van der Waals surface area contributed by atoms with Crippen LogP contribution in [0.4, 0.5) is 0 Å². The maximum atomic E-state index is 12.7. The summed E-state index contributed by atoms with van der Waals surface area (Å²) in [6.45, 7) is 1.85. The summed E-state index contributed by atoms with van der Waals surface area (Å²) in [5, 5.41) is 0.849. The maximum absolute atomic E-state index is 12.7. The largest absolute Gasteiger partial charge is 0.459 e. The molecule has 0 radical (unpaired) electrons. The highest BCUT2D eigenvalue weighted by Crippen LogP contribution is 2.28. The van der Waals surface area contributed by atoms with Crippen molar-refractivity contribution in [3.05, 3.63) is 70.1 Å².